The van der Waals surface area contributed by atoms with Crippen LogP contribution in [-0.4, -0.2) is 141 Å². The number of aromatic amines is 1. The zero-order chi connectivity index (χ0) is 52.9. The number of aromatic nitrogens is 1. The molecule has 23 nitrogen and oxygen atoms in total. The number of amides is 9. The molecule has 1 aromatic heterocycles. The summed E-state index contributed by atoms with van der Waals surface area (Å²) in [5.41, 5.74) is 13.6. The second-order valence-electron chi connectivity index (χ2n) is 16.5. The predicted octanol–water partition coefficient (Wildman–Crippen LogP) is -2.40. The molecule has 0 aliphatic heterocycles. The summed E-state index contributed by atoms with van der Waals surface area (Å²) in [4.78, 5) is 133. The first-order valence-electron chi connectivity index (χ1n) is 22.5. The summed E-state index contributed by atoms with van der Waals surface area (Å²) in [6.07, 6.45) is 0.771. The van der Waals surface area contributed by atoms with E-state index in [1.165, 1.54) is 19.1 Å². The van der Waals surface area contributed by atoms with Crippen molar-refractivity contribution >= 4 is 95.3 Å². The molecule has 3 aromatic carbocycles. The number of carboxylic acid groups (broad SMARTS) is 1. The number of carbonyl (C=O) groups is 10. The largest absolute Gasteiger partial charge is 0.508 e. The summed E-state index contributed by atoms with van der Waals surface area (Å²) in [6, 6.07) is 12.5. The number of nitrogens with two attached hydrogens (primary N) is 2. The summed E-state index contributed by atoms with van der Waals surface area (Å²) < 4.78 is 0. The third kappa shape index (κ3) is 18.3. The van der Waals surface area contributed by atoms with Gasteiger partial charge in [0, 0.05) is 54.3 Å². The SMILES string of the molecule is C[C@H](NC(=O)[C@H](Cc1ccccc1)NC(=O)CNC(=O)[C@H](Cc1ccc(O)cc1)NC(=O)[C@@H](N)CS)C(=O)N[C@@H](Cc1c[nH]c2ccccc12)C(=O)NCC(=O)N[C@@H](CCC(N)=O)C(=O)N[C@@H](CS)C(=O)O. The van der Waals surface area contributed by atoms with E-state index < -0.39 is 115 Å². The van der Waals surface area contributed by atoms with Crippen molar-refractivity contribution in [3.8, 4) is 5.75 Å². The summed E-state index contributed by atoms with van der Waals surface area (Å²) in [7, 11) is 0. The number of carboxylic acids is 1. The van der Waals surface area contributed by atoms with Gasteiger partial charge in [-0.15, -0.1) is 0 Å². The minimum absolute atomic E-state index is 0.0148. The molecule has 1 heterocycles. The average Bonchev–Trinajstić information content (AvgIpc) is 3.77. The third-order valence-electron chi connectivity index (χ3n) is 10.9. The van der Waals surface area contributed by atoms with Crippen LogP contribution < -0.4 is 54.0 Å². The van der Waals surface area contributed by atoms with Crippen molar-refractivity contribution in [3.05, 3.63) is 102 Å². The van der Waals surface area contributed by atoms with Gasteiger partial charge in [0.1, 0.15) is 42.0 Å². The Morgan fingerprint density at radius 2 is 1.10 bits per heavy atom. The van der Waals surface area contributed by atoms with E-state index in [1.54, 1.807) is 72.9 Å². The highest BCUT2D eigenvalue weighted by atomic mass is 32.1. The van der Waals surface area contributed by atoms with Crippen molar-refractivity contribution < 1.29 is 58.2 Å². The molecule has 4 aromatic rings. The highest BCUT2D eigenvalue weighted by molar-refractivity contribution is 7.80. The molecule has 0 bridgehead atoms. The normalized spacial score (nSPS) is 13.8. The highest BCUT2D eigenvalue weighted by Crippen LogP contribution is 2.19. The monoisotopic (exact) mass is 1030 g/mol. The van der Waals surface area contributed by atoms with Crippen molar-refractivity contribution in [1.29, 1.82) is 0 Å². The number of primary amides is 1. The van der Waals surface area contributed by atoms with Crippen LogP contribution in [0.1, 0.15) is 36.5 Å². The van der Waals surface area contributed by atoms with Crippen molar-refractivity contribution in [2.24, 2.45) is 11.5 Å². The Labute approximate surface area is 424 Å². The summed E-state index contributed by atoms with van der Waals surface area (Å²) >= 11 is 7.95. The number of rotatable bonds is 28. The molecule has 0 aliphatic rings. The van der Waals surface area contributed by atoms with Crippen LogP contribution in [0.3, 0.4) is 0 Å². The zero-order valence-electron chi connectivity index (χ0n) is 39.0. The Hall–Kier alpha value is -7.64. The van der Waals surface area contributed by atoms with Crippen LogP contribution in [0.25, 0.3) is 10.9 Å². The molecule has 0 saturated carbocycles. The zero-order valence-corrected chi connectivity index (χ0v) is 40.8. The maximum atomic E-state index is 13.9. The molecule has 7 atom stereocenters. The van der Waals surface area contributed by atoms with Crippen LogP contribution in [0.4, 0.5) is 0 Å². The first kappa shape index (κ1) is 56.9. The van der Waals surface area contributed by atoms with E-state index in [0.717, 1.165) is 10.9 Å². The van der Waals surface area contributed by atoms with Gasteiger partial charge in [-0.25, -0.2) is 4.79 Å². The van der Waals surface area contributed by atoms with Crippen LogP contribution in [0.15, 0.2) is 85.1 Å². The lowest BCUT2D eigenvalue weighted by Gasteiger charge is -2.24. The molecule has 9 amide bonds. The number of carbonyl (C=O) groups excluding carboxylic acids is 9. The van der Waals surface area contributed by atoms with Gasteiger partial charge in [-0.2, -0.15) is 25.3 Å². The van der Waals surface area contributed by atoms with Gasteiger partial charge in [0.25, 0.3) is 0 Å². The second kappa shape index (κ2) is 28.3. The molecule has 4 rings (SSSR count). The van der Waals surface area contributed by atoms with E-state index in [4.69, 9.17) is 11.5 Å². The number of para-hydroxylation sites is 1. The second-order valence-corrected chi connectivity index (χ2v) is 17.3. The number of fused-ring (bicyclic) bond motifs is 1. The van der Waals surface area contributed by atoms with E-state index in [1.807, 2.05) is 0 Å². The summed E-state index contributed by atoms with van der Waals surface area (Å²) in [6.45, 7) is -0.0376. The van der Waals surface area contributed by atoms with Gasteiger partial charge >= 0.3 is 5.97 Å². The fourth-order valence-corrected chi connectivity index (χ4v) is 7.40. The van der Waals surface area contributed by atoms with Crippen molar-refractivity contribution in [2.45, 2.75) is 81.3 Å². The van der Waals surface area contributed by atoms with Crippen molar-refractivity contribution in [3.63, 3.8) is 0 Å². The number of aliphatic carboxylic acids is 1. The molecule has 25 heteroatoms. The number of benzene rings is 3. The number of nitrogens with one attached hydrogen (secondary N) is 9. The van der Waals surface area contributed by atoms with Gasteiger partial charge in [0.2, 0.25) is 53.2 Å². The summed E-state index contributed by atoms with van der Waals surface area (Å²) in [5.74, 6) is -9.11. The number of phenols is 1. The van der Waals surface area contributed by atoms with Gasteiger partial charge < -0.3 is 69.2 Å². The Bertz CT molecular complexity index is 2570. The molecular formula is C47H59N11O12S2. The lowest BCUT2D eigenvalue weighted by atomic mass is 10.0. The van der Waals surface area contributed by atoms with E-state index >= 15 is 0 Å². The first-order chi connectivity index (χ1) is 34.3. The molecule has 0 saturated heterocycles. The van der Waals surface area contributed by atoms with Crippen LogP contribution in [0.5, 0.6) is 5.75 Å². The maximum Gasteiger partial charge on any atom is 0.327 e. The fraction of sp³-hybridized carbons (Fsp3) is 0.362. The minimum Gasteiger partial charge on any atom is -0.508 e. The molecule has 15 N–H and O–H groups in total. The van der Waals surface area contributed by atoms with E-state index in [0.29, 0.717) is 16.7 Å². The van der Waals surface area contributed by atoms with E-state index in [-0.39, 0.29) is 49.4 Å². The quantitative estimate of drug-likeness (QED) is 0.0264. The highest BCUT2D eigenvalue weighted by Gasteiger charge is 2.31. The van der Waals surface area contributed by atoms with Gasteiger partial charge in [-0.05, 0) is 48.2 Å². The van der Waals surface area contributed by atoms with Gasteiger partial charge in [-0.1, -0.05) is 60.7 Å². The Balaban J connectivity index is 1.47. The van der Waals surface area contributed by atoms with Crippen LogP contribution in [0.2, 0.25) is 0 Å². The lowest BCUT2D eigenvalue weighted by molar-refractivity contribution is -0.141. The van der Waals surface area contributed by atoms with Crippen LogP contribution >= 0.6 is 25.3 Å². The molecule has 0 radical (unpaired) electrons. The number of aromatic hydroxyl groups is 1. The van der Waals surface area contributed by atoms with Gasteiger partial charge in [-0.3, -0.25) is 43.2 Å². The van der Waals surface area contributed by atoms with Crippen LogP contribution in [0, 0.1) is 0 Å². The number of H-pyrrole nitrogens is 1. The van der Waals surface area contributed by atoms with Crippen LogP contribution in [-0.2, 0) is 67.2 Å². The predicted molar refractivity (Wildman–Crippen MR) is 269 cm³/mol. The van der Waals surface area contributed by atoms with E-state index in [9.17, 15) is 58.2 Å². The molecule has 0 unspecified atom stereocenters. The molecule has 0 fully saturated rings. The third-order valence-corrected chi connectivity index (χ3v) is 11.7. The molecular weight excluding hydrogens is 975 g/mol. The fourth-order valence-electron chi connectivity index (χ4n) is 6.99. The maximum absolute atomic E-state index is 13.9. The molecule has 0 aliphatic carbocycles. The number of thiol groups is 2. The summed E-state index contributed by atoms with van der Waals surface area (Å²) in [5, 5.41) is 39.5. The average molecular weight is 1030 g/mol. The van der Waals surface area contributed by atoms with Gasteiger partial charge in [0.15, 0.2) is 0 Å². The minimum atomic E-state index is -1.43. The number of phenolic OH excluding ortho intramolecular Hbond substituents is 1. The number of hydrogen-bond acceptors (Lipinski definition) is 14. The Morgan fingerprint density at radius 1 is 0.583 bits per heavy atom. The molecule has 386 valence electrons. The topological polar surface area (TPSA) is 375 Å². The first-order valence-corrected chi connectivity index (χ1v) is 23.8. The lowest BCUT2D eigenvalue weighted by Crippen LogP contribution is -2.58. The molecule has 72 heavy (non-hydrogen) atoms. The van der Waals surface area contributed by atoms with Gasteiger partial charge in [0.05, 0.1) is 19.1 Å². The Morgan fingerprint density at radius 3 is 1.68 bits per heavy atom. The Kier molecular flexibility index (Phi) is 22.4. The molecule has 0 spiro atoms. The number of hydrogen-bond donors (Lipinski definition) is 15. The standard InChI is InChI=1S/C47H59N11O12S2/c1-25(53-46(68)35(17-26-7-3-2-4-8-26)55-40(62)22-51-43(65)34(57-42(64)31(48)23-71)18-27-11-13-29(59)14-12-27)41(63)56-36(19-28-20-50-32-10-6-5-9-30(28)32)44(66)52-21-39(61)54-33(15-16-38(49)60)45(67)58-37(24-72)47(69)70/h2-14,20,25,31,33-37,50,59,71-72H,15-19,21-24,48H2,1H3,(H2,49,60)(H,51,65)(H,52,66)(H,53,68)(H,54,61)(H,55,62)(H,56,63)(H,57,64)(H,58,67)(H,69,70)/t25-,31-,33-,34-,35-,36-,37-/m0/s1. The van der Waals surface area contributed by atoms with E-state index in [2.05, 4.69) is 72.8 Å². The smallest absolute Gasteiger partial charge is 0.327 e. The van der Waals surface area contributed by atoms with Crippen molar-refractivity contribution in [1.82, 2.24) is 47.5 Å². The van der Waals surface area contributed by atoms with Crippen molar-refractivity contribution in [2.75, 3.05) is 24.6 Å².